The molecule has 0 heterocycles. The number of nitriles is 1. The van der Waals surface area contributed by atoms with Crippen LogP contribution in [0.4, 0.5) is 5.69 Å². The zero-order valence-corrected chi connectivity index (χ0v) is 11.6. The molecule has 0 aromatic heterocycles. The van der Waals surface area contributed by atoms with E-state index in [-0.39, 0.29) is 5.78 Å². The molecule has 100 valence electrons. The van der Waals surface area contributed by atoms with Gasteiger partial charge in [-0.1, -0.05) is 29.8 Å². The molecule has 0 radical (unpaired) electrons. The molecule has 0 amide bonds. The SMILES string of the molecule is Cc1ccc(N(C)CC(=O)c2ccc(C#N)cc2)cc1. The van der Waals surface area contributed by atoms with Crippen molar-refractivity contribution in [1.82, 2.24) is 0 Å². The van der Waals surface area contributed by atoms with E-state index < -0.39 is 0 Å². The summed E-state index contributed by atoms with van der Waals surface area (Å²) in [6, 6.07) is 16.8. The molecule has 0 aliphatic carbocycles. The third-order valence-corrected chi connectivity index (χ3v) is 3.19. The molecule has 0 unspecified atom stereocenters. The van der Waals surface area contributed by atoms with Crippen LogP contribution in [0.5, 0.6) is 0 Å². The van der Waals surface area contributed by atoms with Gasteiger partial charge in [0.15, 0.2) is 5.78 Å². The maximum absolute atomic E-state index is 12.2. The molecule has 0 fully saturated rings. The molecule has 3 nitrogen and oxygen atoms in total. The molecule has 0 atom stereocenters. The monoisotopic (exact) mass is 264 g/mol. The Hall–Kier alpha value is -2.60. The number of ketones is 1. The van der Waals surface area contributed by atoms with Gasteiger partial charge in [0, 0.05) is 18.3 Å². The fourth-order valence-electron chi connectivity index (χ4n) is 1.93. The van der Waals surface area contributed by atoms with Gasteiger partial charge in [0.1, 0.15) is 0 Å². The van der Waals surface area contributed by atoms with E-state index in [0.717, 1.165) is 5.69 Å². The van der Waals surface area contributed by atoms with Crippen LogP contribution in [-0.4, -0.2) is 19.4 Å². The Bertz CT molecular complexity index is 636. The molecule has 0 bridgehead atoms. The molecule has 0 saturated heterocycles. The van der Waals surface area contributed by atoms with Crippen LogP contribution in [0.15, 0.2) is 48.5 Å². The quantitative estimate of drug-likeness (QED) is 0.797. The fourth-order valence-corrected chi connectivity index (χ4v) is 1.93. The highest BCUT2D eigenvalue weighted by Crippen LogP contribution is 2.14. The van der Waals surface area contributed by atoms with Gasteiger partial charge in [0.2, 0.25) is 0 Å². The number of hydrogen-bond acceptors (Lipinski definition) is 3. The summed E-state index contributed by atoms with van der Waals surface area (Å²) >= 11 is 0. The molecular formula is C17H16N2O. The second-order valence-corrected chi connectivity index (χ2v) is 4.80. The van der Waals surface area contributed by atoms with Crippen LogP contribution in [0.25, 0.3) is 0 Å². The second kappa shape index (κ2) is 6.03. The van der Waals surface area contributed by atoms with Gasteiger partial charge in [-0.25, -0.2) is 0 Å². The molecular weight excluding hydrogens is 248 g/mol. The number of aryl methyl sites for hydroxylation is 1. The molecule has 2 rings (SSSR count). The fraction of sp³-hybridized carbons (Fsp3) is 0.176. The van der Waals surface area contributed by atoms with E-state index in [2.05, 4.69) is 0 Å². The predicted molar refractivity (Wildman–Crippen MR) is 79.9 cm³/mol. The Balaban J connectivity index is 2.06. The van der Waals surface area contributed by atoms with Crippen LogP contribution < -0.4 is 4.90 Å². The Morgan fingerprint density at radius 2 is 1.70 bits per heavy atom. The Morgan fingerprint density at radius 1 is 1.10 bits per heavy atom. The first-order chi connectivity index (χ1) is 9.60. The molecule has 0 aliphatic heterocycles. The highest BCUT2D eigenvalue weighted by molar-refractivity contribution is 5.99. The molecule has 0 spiro atoms. The number of nitrogens with zero attached hydrogens (tertiary/aromatic N) is 2. The van der Waals surface area contributed by atoms with Crippen molar-refractivity contribution < 1.29 is 4.79 Å². The third-order valence-electron chi connectivity index (χ3n) is 3.19. The van der Waals surface area contributed by atoms with Gasteiger partial charge >= 0.3 is 0 Å². The maximum atomic E-state index is 12.2. The van der Waals surface area contributed by atoms with Gasteiger partial charge in [-0.3, -0.25) is 4.79 Å². The average Bonchev–Trinajstić information content (AvgIpc) is 2.48. The first kappa shape index (κ1) is 13.8. The summed E-state index contributed by atoms with van der Waals surface area (Å²) in [5.41, 5.74) is 3.40. The summed E-state index contributed by atoms with van der Waals surface area (Å²) in [6.45, 7) is 2.35. The van der Waals surface area contributed by atoms with Gasteiger partial charge < -0.3 is 4.90 Å². The van der Waals surface area contributed by atoms with E-state index in [1.54, 1.807) is 24.3 Å². The summed E-state index contributed by atoms with van der Waals surface area (Å²) in [5, 5.41) is 8.74. The lowest BCUT2D eigenvalue weighted by Gasteiger charge is -2.18. The van der Waals surface area contributed by atoms with Crippen LogP contribution >= 0.6 is 0 Å². The lowest BCUT2D eigenvalue weighted by molar-refractivity contribution is 0.100. The number of benzene rings is 2. The Kier molecular flexibility index (Phi) is 4.17. The van der Waals surface area contributed by atoms with Crippen LogP contribution in [0.3, 0.4) is 0 Å². The van der Waals surface area contributed by atoms with Crippen molar-refractivity contribution in [3.63, 3.8) is 0 Å². The molecule has 2 aromatic carbocycles. The summed E-state index contributed by atoms with van der Waals surface area (Å²) in [5.74, 6) is 0.0394. The molecule has 2 aromatic rings. The van der Waals surface area contributed by atoms with Gasteiger partial charge in [0.05, 0.1) is 18.2 Å². The molecule has 0 aliphatic rings. The number of carbonyl (C=O) groups is 1. The van der Waals surface area contributed by atoms with Crippen LogP contribution in [0.2, 0.25) is 0 Å². The zero-order valence-electron chi connectivity index (χ0n) is 11.6. The Labute approximate surface area is 119 Å². The minimum atomic E-state index is 0.0394. The molecule has 3 heteroatoms. The van der Waals surface area contributed by atoms with Crippen LogP contribution in [-0.2, 0) is 0 Å². The van der Waals surface area contributed by atoms with Crippen LogP contribution in [0.1, 0.15) is 21.5 Å². The molecule has 0 N–H and O–H groups in total. The smallest absolute Gasteiger partial charge is 0.182 e. The van der Waals surface area contributed by atoms with E-state index in [4.69, 9.17) is 5.26 Å². The summed E-state index contributed by atoms with van der Waals surface area (Å²) in [6.07, 6.45) is 0. The number of Topliss-reactive ketones (excluding diaryl/α,β-unsaturated/α-hetero) is 1. The number of hydrogen-bond donors (Lipinski definition) is 0. The van der Waals surface area contributed by atoms with E-state index >= 15 is 0 Å². The van der Waals surface area contributed by atoms with Gasteiger partial charge in [-0.05, 0) is 31.2 Å². The highest BCUT2D eigenvalue weighted by Gasteiger charge is 2.10. The number of carbonyl (C=O) groups excluding carboxylic acids is 1. The standard InChI is InChI=1S/C17H16N2O/c1-13-3-9-16(10-4-13)19(2)12-17(20)15-7-5-14(11-18)6-8-15/h3-10H,12H2,1-2H3. The van der Waals surface area contributed by atoms with Crippen molar-refractivity contribution in [3.8, 4) is 6.07 Å². The zero-order chi connectivity index (χ0) is 14.5. The Morgan fingerprint density at radius 3 is 2.25 bits per heavy atom. The average molecular weight is 264 g/mol. The van der Waals surface area contributed by atoms with Crippen molar-refractivity contribution in [2.75, 3.05) is 18.5 Å². The highest BCUT2D eigenvalue weighted by atomic mass is 16.1. The van der Waals surface area contributed by atoms with Crippen molar-refractivity contribution in [1.29, 1.82) is 5.26 Å². The normalized spacial score (nSPS) is 9.85. The maximum Gasteiger partial charge on any atom is 0.182 e. The third kappa shape index (κ3) is 3.24. The second-order valence-electron chi connectivity index (χ2n) is 4.80. The van der Waals surface area contributed by atoms with Gasteiger partial charge in [0.25, 0.3) is 0 Å². The summed E-state index contributed by atoms with van der Waals surface area (Å²) in [7, 11) is 1.90. The number of likely N-dealkylation sites (N-methyl/N-ethyl adjacent to an activating group) is 1. The van der Waals surface area contributed by atoms with Gasteiger partial charge in [-0.2, -0.15) is 5.26 Å². The van der Waals surface area contributed by atoms with Crippen molar-refractivity contribution in [2.45, 2.75) is 6.92 Å². The van der Waals surface area contributed by atoms with E-state index in [1.165, 1.54) is 5.56 Å². The van der Waals surface area contributed by atoms with E-state index in [9.17, 15) is 4.79 Å². The van der Waals surface area contributed by atoms with Crippen molar-refractivity contribution in [3.05, 3.63) is 65.2 Å². The minimum absolute atomic E-state index is 0.0394. The van der Waals surface area contributed by atoms with E-state index in [1.807, 2.05) is 49.2 Å². The topological polar surface area (TPSA) is 44.1 Å². The first-order valence-electron chi connectivity index (χ1n) is 6.41. The summed E-state index contributed by atoms with van der Waals surface area (Å²) in [4.78, 5) is 14.1. The van der Waals surface area contributed by atoms with Crippen molar-refractivity contribution >= 4 is 11.5 Å². The molecule has 20 heavy (non-hydrogen) atoms. The largest absolute Gasteiger partial charge is 0.367 e. The minimum Gasteiger partial charge on any atom is -0.367 e. The lowest BCUT2D eigenvalue weighted by atomic mass is 10.1. The lowest BCUT2D eigenvalue weighted by Crippen LogP contribution is -2.25. The molecule has 0 saturated carbocycles. The predicted octanol–water partition coefficient (Wildman–Crippen LogP) is 3.19. The van der Waals surface area contributed by atoms with Crippen molar-refractivity contribution in [2.24, 2.45) is 0 Å². The van der Waals surface area contributed by atoms with Gasteiger partial charge in [-0.15, -0.1) is 0 Å². The summed E-state index contributed by atoms with van der Waals surface area (Å²) < 4.78 is 0. The first-order valence-corrected chi connectivity index (χ1v) is 6.41. The van der Waals surface area contributed by atoms with Crippen LogP contribution in [0, 0.1) is 18.3 Å². The number of rotatable bonds is 4. The van der Waals surface area contributed by atoms with E-state index in [0.29, 0.717) is 17.7 Å². The number of anilines is 1.